The highest BCUT2D eigenvalue weighted by atomic mass is 35.5. The van der Waals surface area contributed by atoms with Gasteiger partial charge in [0.25, 0.3) is 0 Å². The minimum Gasteiger partial charge on any atom is -0.480 e. The van der Waals surface area contributed by atoms with E-state index < -0.39 is 17.5 Å². The van der Waals surface area contributed by atoms with Gasteiger partial charge in [0.1, 0.15) is 5.54 Å². The summed E-state index contributed by atoms with van der Waals surface area (Å²) in [6, 6.07) is 6.65. The maximum absolute atomic E-state index is 11.9. The number of nitrogens with zero attached hydrogens (tertiary/aromatic N) is 1. The first-order valence-corrected chi connectivity index (χ1v) is 6.12. The molecule has 0 spiro atoms. The van der Waals surface area contributed by atoms with E-state index in [-0.39, 0.29) is 0 Å². The van der Waals surface area contributed by atoms with Crippen LogP contribution < -0.4 is 5.32 Å². The van der Waals surface area contributed by atoms with Crippen LogP contribution >= 0.6 is 11.6 Å². The SMILES string of the molecule is CN(C(=O)NCc1cccc(Cl)c1)C(C)(C)C(=O)O. The molecule has 19 heavy (non-hydrogen) atoms. The number of hydrogen-bond acceptors (Lipinski definition) is 2. The lowest BCUT2D eigenvalue weighted by Crippen LogP contribution is -2.53. The summed E-state index contributed by atoms with van der Waals surface area (Å²) in [6.07, 6.45) is 0. The van der Waals surface area contributed by atoms with Gasteiger partial charge in [-0.15, -0.1) is 0 Å². The van der Waals surface area contributed by atoms with Gasteiger partial charge in [0.15, 0.2) is 0 Å². The zero-order valence-corrected chi connectivity index (χ0v) is 11.9. The van der Waals surface area contributed by atoms with Crippen LogP contribution in [0.25, 0.3) is 0 Å². The standard InChI is InChI=1S/C13H17ClN2O3/c1-13(2,11(17)18)16(3)12(19)15-8-9-5-4-6-10(14)7-9/h4-7H,8H2,1-3H3,(H,15,19)(H,17,18). The molecule has 0 unspecified atom stereocenters. The smallest absolute Gasteiger partial charge is 0.329 e. The van der Waals surface area contributed by atoms with E-state index in [9.17, 15) is 9.59 Å². The maximum atomic E-state index is 11.9. The number of rotatable bonds is 4. The monoisotopic (exact) mass is 284 g/mol. The van der Waals surface area contributed by atoms with Gasteiger partial charge in [-0.2, -0.15) is 0 Å². The van der Waals surface area contributed by atoms with Gasteiger partial charge >= 0.3 is 12.0 Å². The van der Waals surface area contributed by atoms with E-state index in [1.165, 1.54) is 20.9 Å². The van der Waals surface area contributed by atoms with Crippen molar-refractivity contribution < 1.29 is 14.7 Å². The minimum absolute atomic E-state index is 0.291. The predicted octanol–water partition coefficient (Wildman–Crippen LogP) is 2.34. The Morgan fingerprint density at radius 3 is 2.58 bits per heavy atom. The maximum Gasteiger partial charge on any atom is 0.329 e. The molecule has 2 amide bonds. The predicted molar refractivity (Wildman–Crippen MR) is 73.2 cm³/mol. The van der Waals surface area contributed by atoms with Crippen LogP contribution in [0.5, 0.6) is 0 Å². The van der Waals surface area contributed by atoms with Crippen LogP contribution in [0.3, 0.4) is 0 Å². The number of amides is 2. The molecule has 1 aromatic carbocycles. The first-order valence-electron chi connectivity index (χ1n) is 5.74. The molecule has 0 radical (unpaired) electrons. The summed E-state index contributed by atoms with van der Waals surface area (Å²) >= 11 is 5.84. The van der Waals surface area contributed by atoms with E-state index in [0.717, 1.165) is 10.5 Å². The number of nitrogens with one attached hydrogen (secondary N) is 1. The van der Waals surface area contributed by atoms with E-state index in [1.807, 2.05) is 6.07 Å². The summed E-state index contributed by atoms with van der Waals surface area (Å²) in [5.74, 6) is -1.06. The van der Waals surface area contributed by atoms with Crippen molar-refractivity contribution in [3.8, 4) is 0 Å². The zero-order valence-electron chi connectivity index (χ0n) is 11.1. The largest absolute Gasteiger partial charge is 0.480 e. The lowest BCUT2D eigenvalue weighted by molar-refractivity contribution is -0.146. The topological polar surface area (TPSA) is 69.6 Å². The quantitative estimate of drug-likeness (QED) is 0.892. The molecule has 5 nitrogen and oxygen atoms in total. The van der Waals surface area contributed by atoms with Crippen LogP contribution in [0, 0.1) is 0 Å². The van der Waals surface area contributed by atoms with E-state index in [1.54, 1.807) is 18.2 Å². The lowest BCUT2D eigenvalue weighted by Gasteiger charge is -2.31. The van der Waals surface area contributed by atoms with Crippen LogP contribution in [0.1, 0.15) is 19.4 Å². The van der Waals surface area contributed by atoms with Crippen molar-refractivity contribution in [1.29, 1.82) is 0 Å². The molecule has 0 fully saturated rings. The van der Waals surface area contributed by atoms with Crippen LogP contribution in [0.2, 0.25) is 5.02 Å². The molecule has 0 aliphatic heterocycles. The van der Waals surface area contributed by atoms with Crippen molar-refractivity contribution in [1.82, 2.24) is 10.2 Å². The molecule has 0 atom stereocenters. The number of urea groups is 1. The molecule has 0 aliphatic carbocycles. The van der Waals surface area contributed by atoms with Crippen molar-refractivity contribution in [2.24, 2.45) is 0 Å². The van der Waals surface area contributed by atoms with Crippen LogP contribution in [-0.2, 0) is 11.3 Å². The summed E-state index contributed by atoms with van der Waals surface area (Å²) in [5.41, 5.74) is -0.416. The van der Waals surface area contributed by atoms with E-state index in [0.29, 0.717) is 11.6 Å². The highest BCUT2D eigenvalue weighted by Crippen LogP contribution is 2.13. The molecule has 1 aromatic rings. The Bertz CT molecular complexity index is 489. The number of benzene rings is 1. The normalized spacial score (nSPS) is 10.9. The lowest BCUT2D eigenvalue weighted by atomic mass is 10.1. The molecule has 1 rings (SSSR count). The first kappa shape index (κ1) is 15.3. The highest BCUT2D eigenvalue weighted by Gasteiger charge is 2.35. The molecule has 0 aliphatic rings. The molecule has 104 valence electrons. The van der Waals surface area contributed by atoms with Crippen molar-refractivity contribution in [3.05, 3.63) is 34.9 Å². The molecule has 0 aromatic heterocycles. The molecule has 0 saturated carbocycles. The van der Waals surface area contributed by atoms with Crippen LogP contribution in [0.4, 0.5) is 4.79 Å². The molecule has 0 heterocycles. The Kier molecular flexibility index (Phi) is 4.78. The molecule has 0 saturated heterocycles. The number of halogens is 1. The Morgan fingerprint density at radius 2 is 2.05 bits per heavy atom. The summed E-state index contributed by atoms with van der Waals surface area (Å²) in [5, 5.41) is 12.3. The molecular formula is C13H17ClN2O3. The summed E-state index contributed by atoms with van der Waals surface area (Å²) in [4.78, 5) is 24.1. The molecule has 2 N–H and O–H groups in total. The molecule has 0 bridgehead atoms. The number of carboxylic acid groups (broad SMARTS) is 1. The number of carbonyl (C=O) groups is 2. The van der Waals surface area contributed by atoms with Gasteiger partial charge in [-0.25, -0.2) is 9.59 Å². The van der Waals surface area contributed by atoms with E-state index in [4.69, 9.17) is 16.7 Å². The van der Waals surface area contributed by atoms with E-state index in [2.05, 4.69) is 5.32 Å². The second-order valence-electron chi connectivity index (χ2n) is 4.71. The molecular weight excluding hydrogens is 268 g/mol. The second-order valence-corrected chi connectivity index (χ2v) is 5.15. The van der Waals surface area contributed by atoms with Gasteiger partial charge in [0, 0.05) is 18.6 Å². The third-order valence-corrected chi connectivity index (χ3v) is 3.23. The Morgan fingerprint density at radius 1 is 1.42 bits per heavy atom. The first-order chi connectivity index (χ1) is 8.75. The zero-order chi connectivity index (χ0) is 14.6. The van der Waals surface area contributed by atoms with Crippen molar-refractivity contribution >= 4 is 23.6 Å². The Labute approximate surface area is 117 Å². The summed E-state index contributed by atoms with van der Waals surface area (Å²) < 4.78 is 0. The van der Waals surface area contributed by atoms with Gasteiger partial charge in [0.05, 0.1) is 0 Å². The fraction of sp³-hybridized carbons (Fsp3) is 0.385. The fourth-order valence-electron chi connectivity index (χ4n) is 1.34. The number of carbonyl (C=O) groups excluding carboxylic acids is 1. The van der Waals surface area contributed by atoms with Gasteiger partial charge in [0.2, 0.25) is 0 Å². The molecule has 6 heteroatoms. The van der Waals surface area contributed by atoms with E-state index >= 15 is 0 Å². The number of carboxylic acids is 1. The van der Waals surface area contributed by atoms with Gasteiger partial charge < -0.3 is 15.3 Å². The summed E-state index contributed by atoms with van der Waals surface area (Å²) in [6.45, 7) is 3.22. The van der Waals surface area contributed by atoms with Gasteiger partial charge in [-0.1, -0.05) is 23.7 Å². The van der Waals surface area contributed by atoms with Crippen molar-refractivity contribution in [3.63, 3.8) is 0 Å². The average Bonchev–Trinajstić information content (AvgIpc) is 2.34. The number of aliphatic carboxylic acids is 1. The third-order valence-electron chi connectivity index (χ3n) is 3.00. The fourth-order valence-corrected chi connectivity index (χ4v) is 1.55. The number of likely N-dealkylation sites (N-methyl/N-ethyl adjacent to an activating group) is 1. The summed E-state index contributed by atoms with van der Waals surface area (Å²) in [7, 11) is 1.45. The Balaban J connectivity index is 2.63. The Hall–Kier alpha value is -1.75. The van der Waals surface area contributed by atoms with Crippen molar-refractivity contribution in [2.75, 3.05) is 7.05 Å². The van der Waals surface area contributed by atoms with Gasteiger partial charge in [-0.05, 0) is 31.5 Å². The highest BCUT2D eigenvalue weighted by molar-refractivity contribution is 6.30. The van der Waals surface area contributed by atoms with Crippen LogP contribution in [0.15, 0.2) is 24.3 Å². The van der Waals surface area contributed by atoms with Crippen molar-refractivity contribution in [2.45, 2.75) is 25.9 Å². The number of hydrogen-bond donors (Lipinski definition) is 2. The average molecular weight is 285 g/mol. The second kappa shape index (κ2) is 5.93. The third kappa shape index (κ3) is 3.86. The van der Waals surface area contributed by atoms with Gasteiger partial charge in [-0.3, -0.25) is 0 Å². The minimum atomic E-state index is -1.27. The van der Waals surface area contributed by atoms with Crippen LogP contribution in [-0.4, -0.2) is 34.6 Å².